The molecule has 42 heavy (non-hydrogen) atoms. The molecular formula is C36H36N2O4. The van der Waals surface area contributed by atoms with Gasteiger partial charge < -0.3 is 20.0 Å². The Morgan fingerprint density at radius 1 is 0.476 bits per heavy atom. The van der Waals surface area contributed by atoms with Crippen LogP contribution < -0.4 is 0 Å². The molecule has 2 aliphatic rings. The highest BCUT2D eigenvalue weighted by atomic mass is 16.3. The minimum atomic E-state index is -1.39. The van der Waals surface area contributed by atoms with Gasteiger partial charge >= 0.3 is 0 Å². The monoisotopic (exact) mass is 560 g/mol. The summed E-state index contributed by atoms with van der Waals surface area (Å²) < 4.78 is 0. The van der Waals surface area contributed by atoms with Crippen LogP contribution in [0.25, 0.3) is 0 Å². The van der Waals surface area contributed by atoms with Crippen LogP contribution in [-0.2, 0) is 24.3 Å². The molecule has 2 atom stereocenters. The third-order valence-corrected chi connectivity index (χ3v) is 8.66. The molecule has 0 unspecified atom stereocenters. The fraction of sp³-hybridized carbons (Fsp3) is 0.278. The zero-order valence-corrected chi connectivity index (χ0v) is 23.7. The van der Waals surface area contributed by atoms with Crippen molar-refractivity contribution in [3.8, 4) is 0 Å². The molecule has 6 rings (SSSR count). The first-order valence-corrected chi connectivity index (χ1v) is 14.8. The lowest BCUT2D eigenvalue weighted by Crippen LogP contribution is -2.46. The van der Waals surface area contributed by atoms with E-state index in [9.17, 15) is 19.8 Å². The number of amides is 2. The molecule has 0 fully saturated rings. The average molecular weight is 561 g/mol. The van der Waals surface area contributed by atoms with Gasteiger partial charge in [0.05, 0.1) is 0 Å². The van der Waals surface area contributed by atoms with E-state index >= 15 is 0 Å². The average Bonchev–Trinajstić information content (AvgIpc) is 3.35. The highest BCUT2D eigenvalue weighted by Crippen LogP contribution is 2.41. The maximum absolute atomic E-state index is 13.4. The summed E-state index contributed by atoms with van der Waals surface area (Å²) in [5, 5.41) is 23.8. The Balaban J connectivity index is 1.09. The Labute approximate surface area is 246 Å². The van der Waals surface area contributed by atoms with Crippen molar-refractivity contribution < 1.29 is 19.8 Å². The lowest BCUT2D eigenvalue weighted by molar-refractivity contribution is -0.0860. The van der Waals surface area contributed by atoms with Gasteiger partial charge in [0.15, 0.2) is 11.4 Å². The molecule has 2 heterocycles. The molecule has 2 amide bonds. The lowest BCUT2D eigenvalue weighted by Gasteiger charge is -2.35. The van der Waals surface area contributed by atoms with Gasteiger partial charge in [-0.2, -0.15) is 0 Å². The number of carbonyl (C=O) groups is 2. The van der Waals surface area contributed by atoms with Crippen molar-refractivity contribution in [2.24, 2.45) is 0 Å². The van der Waals surface area contributed by atoms with Crippen LogP contribution in [0.5, 0.6) is 0 Å². The third-order valence-electron chi connectivity index (χ3n) is 8.66. The van der Waals surface area contributed by atoms with Crippen LogP contribution in [-0.4, -0.2) is 44.9 Å². The summed E-state index contributed by atoms with van der Waals surface area (Å²) in [6, 6.07) is 34.2. The van der Waals surface area contributed by atoms with Crippen LogP contribution in [0.3, 0.4) is 0 Å². The van der Waals surface area contributed by atoms with Gasteiger partial charge in [0.1, 0.15) is 0 Å². The van der Waals surface area contributed by atoms with Gasteiger partial charge in [0, 0.05) is 48.2 Å². The van der Waals surface area contributed by atoms with Crippen molar-refractivity contribution in [2.45, 2.75) is 50.0 Å². The number of rotatable bonds is 11. The minimum absolute atomic E-state index is 0.143. The third kappa shape index (κ3) is 5.02. The number of fused-ring (bicyclic) bond motifs is 2. The quantitative estimate of drug-likeness (QED) is 0.233. The molecule has 0 saturated heterocycles. The summed E-state index contributed by atoms with van der Waals surface area (Å²) in [6.45, 7) is 0.867. The molecule has 0 saturated carbocycles. The molecule has 214 valence electrons. The van der Waals surface area contributed by atoms with Gasteiger partial charge in [-0.1, -0.05) is 110 Å². The Bertz CT molecular complexity index is 1450. The van der Waals surface area contributed by atoms with Crippen LogP contribution in [0.1, 0.15) is 68.7 Å². The van der Waals surface area contributed by atoms with Crippen LogP contribution >= 0.6 is 0 Å². The molecule has 0 aliphatic carbocycles. The second kappa shape index (κ2) is 11.6. The Morgan fingerprint density at radius 3 is 1.24 bits per heavy atom. The van der Waals surface area contributed by atoms with Crippen molar-refractivity contribution >= 4 is 11.8 Å². The summed E-state index contributed by atoms with van der Waals surface area (Å²) in [6.07, 6.45) is 3.75. The van der Waals surface area contributed by atoms with Gasteiger partial charge in [0.25, 0.3) is 11.8 Å². The van der Waals surface area contributed by atoms with Crippen LogP contribution in [0.4, 0.5) is 0 Å². The zero-order chi connectivity index (χ0) is 29.2. The first-order valence-electron chi connectivity index (χ1n) is 14.8. The van der Waals surface area contributed by atoms with Crippen LogP contribution in [0.15, 0.2) is 109 Å². The van der Waals surface area contributed by atoms with Crippen LogP contribution in [0.2, 0.25) is 0 Å². The second-order valence-electron chi connectivity index (χ2n) is 11.4. The Kier molecular flexibility index (Phi) is 7.67. The molecule has 2 N–H and O–H groups in total. The normalized spacial score (nSPS) is 21.1. The number of unbranched alkanes of at least 4 members (excludes halogenated alkanes) is 3. The van der Waals surface area contributed by atoms with Gasteiger partial charge in [-0.05, 0) is 36.1 Å². The van der Waals surface area contributed by atoms with E-state index in [1.54, 1.807) is 21.9 Å². The first kappa shape index (κ1) is 27.9. The van der Waals surface area contributed by atoms with E-state index in [0.717, 1.165) is 36.8 Å². The summed E-state index contributed by atoms with van der Waals surface area (Å²) in [5.74, 6) is -0.286. The second-order valence-corrected chi connectivity index (χ2v) is 11.4. The molecule has 0 aromatic heterocycles. The number of aliphatic hydroxyl groups is 2. The van der Waals surface area contributed by atoms with Crippen molar-refractivity contribution in [3.05, 3.63) is 143 Å². The summed E-state index contributed by atoms with van der Waals surface area (Å²) >= 11 is 0. The molecule has 4 aromatic carbocycles. The molecule has 2 aliphatic heterocycles. The summed E-state index contributed by atoms with van der Waals surface area (Å²) in [5.41, 5.74) is 1.57. The zero-order valence-electron chi connectivity index (χ0n) is 23.7. The maximum atomic E-state index is 13.4. The SMILES string of the molecule is O=C1c2ccccc2[C@](O)(Cc2ccccc2)N1CCCCCCN1C(=O)c2ccccc2[C@@]1(O)Cc1ccccc1. The molecule has 6 nitrogen and oxygen atoms in total. The molecule has 0 radical (unpaired) electrons. The van der Waals surface area contributed by atoms with Gasteiger partial charge in [-0.15, -0.1) is 0 Å². The number of benzene rings is 4. The largest absolute Gasteiger partial charge is 0.366 e. The fourth-order valence-electron chi connectivity index (χ4n) is 6.56. The molecule has 6 heteroatoms. The molecule has 0 spiro atoms. The van der Waals surface area contributed by atoms with Crippen molar-refractivity contribution in [2.75, 3.05) is 13.1 Å². The summed E-state index contributed by atoms with van der Waals surface area (Å²) in [7, 11) is 0. The van der Waals surface area contributed by atoms with Crippen LogP contribution in [0, 0.1) is 0 Å². The Morgan fingerprint density at radius 2 is 0.833 bits per heavy atom. The number of carbonyl (C=O) groups excluding carboxylic acids is 2. The standard InChI is InChI=1S/C36H36N2O4/c39-33-29-19-9-11-21-31(29)35(41,25-27-15-5-3-6-16-27)37(33)23-13-1-2-14-24-38-34(40)30-20-10-12-22-32(30)36(38,42)26-28-17-7-4-8-18-28/h3-12,15-22,41-42H,1-2,13-14,23-26H2/t35-,36+. The smallest absolute Gasteiger partial charge is 0.256 e. The van der Waals surface area contributed by atoms with E-state index < -0.39 is 11.4 Å². The minimum Gasteiger partial charge on any atom is -0.366 e. The van der Waals surface area contributed by atoms with E-state index in [1.807, 2.05) is 97.1 Å². The van der Waals surface area contributed by atoms with Gasteiger partial charge in [0.2, 0.25) is 0 Å². The number of nitrogens with zero attached hydrogens (tertiary/aromatic N) is 2. The van der Waals surface area contributed by atoms with E-state index in [1.165, 1.54) is 0 Å². The number of hydrogen-bond donors (Lipinski definition) is 2. The van der Waals surface area contributed by atoms with Gasteiger partial charge in [-0.3, -0.25) is 9.59 Å². The van der Waals surface area contributed by atoms with Crippen molar-refractivity contribution in [1.29, 1.82) is 0 Å². The highest BCUT2D eigenvalue weighted by Gasteiger charge is 2.49. The van der Waals surface area contributed by atoms with Gasteiger partial charge in [-0.25, -0.2) is 0 Å². The predicted octanol–water partition coefficient (Wildman–Crippen LogP) is 5.63. The lowest BCUT2D eigenvalue weighted by atomic mass is 9.94. The molecule has 0 bridgehead atoms. The molecular weight excluding hydrogens is 524 g/mol. The highest BCUT2D eigenvalue weighted by molar-refractivity contribution is 6.00. The van der Waals surface area contributed by atoms with E-state index in [0.29, 0.717) is 48.2 Å². The Hall–Kier alpha value is -4.26. The molecule has 4 aromatic rings. The maximum Gasteiger partial charge on any atom is 0.256 e. The van der Waals surface area contributed by atoms with E-state index in [-0.39, 0.29) is 11.8 Å². The van der Waals surface area contributed by atoms with E-state index in [2.05, 4.69) is 0 Å². The topological polar surface area (TPSA) is 81.1 Å². The van der Waals surface area contributed by atoms with Crippen molar-refractivity contribution in [3.63, 3.8) is 0 Å². The predicted molar refractivity (Wildman–Crippen MR) is 162 cm³/mol. The number of hydrogen-bond acceptors (Lipinski definition) is 4. The first-order chi connectivity index (χ1) is 20.4. The van der Waals surface area contributed by atoms with E-state index in [4.69, 9.17) is 0 Å². The summed E-state index contributed by atoms with van der Waals surface area (Å²) in [4.78, 5) is 29.9. The fourth-order valence-corrected chi connectivity index (χ4v) is 6.56. The van der Waals surface area contributed by atoms with Crippen molar-refractivity contribution in [1.82, 2.24) is 9.80 Å².